The van der Waals surface area contributed by atoms with E-state index < -0.39 is 29.5 Å². The third kappa shape index (κ3) is 3.09. The van der Waals surface area contributed by atoms with Gasteiger partial charge in [-0.25, -0.2) is 27.7 Å². The molecule has 0 aliphatic carbocycles. The molecular weight excluding hydrogens is 353 g/mol. The Kier molecular flexibility index (Phi) is 4.58. The maximum Gasteiger partial charge on any atom is 0.358 e. The molecule has 0 bridgehead atoms. The molecule has 7 nitrogen and oxygen atoms in total. The lowest BCUT2D eigenvalue weighted by atomic mass is 10.1. The first kappa shape index (κ1) is 17.8. The van der Waals surface area contributed by atoms with Crippen LogP contribution in [0.1, 0.15) is 23.1 Å². The molecule has 26 heavy (non-hydrogen) atoms. The first-order chi connectivity index (χ1) is 12.3. The number of nitrogens with zero attached hydrogens (tertiary/aromatic N) is 3. The van der Waals surface area contributed by atoms with Crippen LogP contribution in [0.5, 0.6) is 0 Å². The van der Waals surface area contributed by atoms with Crippen LogP contribution < -0.4 is 5.32 Å². The van der Waals surface area contributed by atoms with Crippen molar-refractivity contribution in [2.45, 2.75) is 26.1 Å². The number of halogens is 3. The lowest BCUT2D eigenvalue weighted by Gasteiger charge is -2.34. The number of methoxy groups -OCH3 is 1. The van der Waals surface area contributed by atoms with E-state index in [0.29, 0.717) is 24.4 Å². The summed E-state index contributed by atoms with van der Waals surface area (Å²) in [6.07, 6.45) is 1.48. The highest BCUT2D eigenvalue weighted by atomic mass is 19.2. The zero-order valence-electron chi connectivity index (χ0n) is 13.9. The van der Waals surface area contributed by atoms with Crippen LogP contribution in [-0.2, 0) is 17.8 Å². The maximum atomic E-state index is 13.3. The van der Waals surface area contributed by atoms with Crippen molar-refractivity contribution in [3.63, 3.8) is 0 Å². The molecule has 1 aliphatic rings. The van der Waals surface area contributed by atoms with E-state index in [-0.39, 0.29) is 24.0 Å². The van der Waals surface area contributed by atoms with Crippen LogP contribution in [0.4, 0.5) is 23.7 Å². The monoisotopic (exact) mass is 368 g/mol. The molecule has 1 aromatic carbocycles. The molecule has 0 unspecified atom stereocenters. The lowest BCUT2D eigenvalue weighted by Crippen LogP contribution is -2.46. The number of carbonyl (C=O) groups is 2. The summed E-state index contributed by atoms with van der Waals surface area (Å²) in [7, 11) is 1.22. The standard InChI is InChI=1S/C16H15F3N4O3/c1-8-5-22-7-20-14(15(24)26-2)12(22)6-23(8)16(25)21-9-3-10(17)13(19)11(18)4-9/h3-4,7-8H,5-6H2,1-2H3,(H,21,25)/t8-/m0/s1. The Morgan fingerprint density at radius 1 is 1.27 bits per heavy atom. The van der Waals surface area contributed by atoms with Gasteiger partial charge < -0.3 is 19.5 Å². The number of benzene rings is 1. The number of amides is 2. The smallest absolute Gasteiger partial charge is 0.358 e. The topological polar surface area (TPSA) is 76.5 Å². The summed E-state index contributed by atoms with van der Waals surface area (Å²) in [6.45, 7) is 2.19. The average Bonchev–Trinajstić information content (AvgIpc) is 3.00. The summed E-state index contributed by atoms with van der Waals surface area (Å²) in [4.78, 5) is 29.6. The number of nitrogens with one attached hydrogen (secondary N) is 1. The number of rotatable bonds is 2. The number of esters is 1. The van der Waals surface area contributed by atoms with Gasteiger partial charge in [0.25, 0.3) is 0 Å². The molecule has 1 N–H and O–H groups in total. The van der Waals surface area contributed by atoms with Gasteiger partial charge in [0.1, 0.15) is 0 Å². The normalized spacial score (nSPS) is 16.2. The Bertz CT molecular complexity index is 861. The molecule has 2 amide bonds. The van der Waals surface area contributed by atoms with Gasteiger partial charge in [-0.2, -0.15) is 0 Å². The Labute approximate surface area is 146 Å². The van der Waals surface area contributed by atoms with Crippen molar-refractivity contribution in [2.75, 3.05) is 12.4 Å². The van der Waals surface area contributed by atoms with Crippen LogP contribution in [0, 0.1) is 17.5 Å². The number of imidazole rings is 1. The second kappa shape index (κ2) is 6.70. The van der Waals surface area contributed by atoms with Gasteiger partial charge in [-0.1, -0.05) is 0 Å². The molecule has 0 saturated heterocycles. The van der Waals surface area contributed by atoms with Crippen molar-refractivity contribution in [2.24, 2.45) is 0 Å². The summed E-state index contributed by atoms with van der Waals surface area (Å²) in [5, 5.41) is 2.33. The van der Waals surface area contributed by atoms with Gasteiger partial charge in [-0.15, -0.1) is 0 Å². The Balaban J connectivity index is 1.82. The van der Waals surface area contributed by atoms with Crippen molar-refractivity contribution in [3.8, 4) is 0 Å². The molecule has 138 valence electrons. The Morgan fingerprint density at radius 2 is 1.92 bits per heavy atom. The van der Waals surface area contributed by atoms with E-state index in [1.54, 1.807) is 11.5 Å². The number of carbonyl (C=O) groups excluding carboxylic acids is 2. The molecule has 2 aromatic rings. The zero-order chi connectivity index (χ0) is 19.0. The first-order valence-electron chi connectivity index (χ1n) is 7.66. The molecule has 1 aromatic heterocycles. The molecule has 0 saturated carbocycles. The van der Waals surface area contributed by atoms with E-state index in [9.17, 15) is 22.8 Å². The van der Waals surface area contributed by atoms with Crippen molar-refractivity contribution < 1.29 is 27.5 Å². The highest BCUT2D eigenvalue weighted by Gasteiger charge is 2.31. The van der Waals surface area contributed by atoms with E-state index >= 15 is 0 Å². The van der Waals surface area contributed by atoms with Crippen LogP contribution in [-0.4, -0.2) is 39.6 Å². The minimum Gasteiger partial charge on any atom is -0.464 e. The summed E-state index contributed by atoms with van der Waals surface area (Å²) < 4.78 is 46.0. The van der Waals surface area contributed by atoms with Crippen molar-refractivity contribution in [1.29, 1.82) is 0 Å². The van der Waals surface area contributed by atoms with E-state index in [1.807, 2.05) is 0 Å². The molecule has 2 heterocycles. The number of anilines is 1. The van der Waals surface area contributed by atoms with Gasteiger partial charge in [0.05, 0.1) is 25.7 Å². The number of aromatic nitrogens is 2. The summed E-state index contributed by atoms with van der Waals surface area (Å²) >= 11 is 0. The van der Waals surface area contributed by atoms with Crippen LogP contribution >= 0.6 is 0 Å². The van der Waals surface area contributed by atoms with Gasteiger partial charge in [0, 0.05) is 30.4 Å². The summed E-state index contributed by atoms with van der Waals surface area (Å²) in [5.74, 6) is -5.05. The first-order valence-corrected chi connectivity index (χ1v) is 7.66. The molecule has 10 heteroatoms. The van der Waals surface area contributed by atoms with Gasteiger partial charge in [0.15, 0.2) is 23.1 Å². The van der Waals surface area contributed by atoms with E-state index in [0.717, 1.165) is 0 Å². The van der Waals surface area contributed by atoms with Crippen molar-refractivity contribution in [1.82, 2.24) is 14.5 Å². The second-order valence-electron chi connectivity index (χ2n) is 5.84. The lowest BCUT2D eigenvalue weighted by molar-refractivity contribution is 0.0589. The number of hydrogen-bond donors (Lipinski definition) is 1. The van der Waals surface area contributed by atoms with Crippen molar-refractivity contribution >= 4 is 17.7 Å². The minimum atomic E-state index is -1.61. The fraction of sp³-hybridized carbons (Fsp3) is 0.312. The predicted octanol–water partition coefficient (Wildman–Crippen LogP) is 2.52. The van der Waals surface area contributed by atoms with E-state index in [4.69, 9.17) is 0 Å². The SMILES string of the molecule is COC(=O)c1ncn2c1CN(C(=O)Nc1cc(F)c(F)c(F)c1)[C@@H](C)C2. The van der Waals surface area contributed by atoms with Crippen LogP contribution in [0.15, 0.2) is 18.5 Å². The van der Waals surface area contributed by atoms with Crippen LogP contribution in [0.3, 0.4) is 0 Å². The van der Waals surface area contributed by atoms with Crippen LogP contribution in [0.2, 0.25) is 0 Å². The molecule has 0 fully saturated rings. The third-order valence-electron chi connectivity index (χ3n) is 4.13. The summed E-state index contributed by atoms with van der Waals surface area (Å²) in [5.41, 5.74) is 0.364. The Hall–Kier alpha value is -3.04. The molecule has 0 radical (unpaired) electrons. The van der Waals surface area contributed by atoms with Gasteiger partial charge >= 0.3 is 12.0 Å². The maximum absolute atomic E-state index is 13.3. The van der Waals surface area contributed by atoms with E-state index in [2.05, 4.69) is 15.0 Å². The summed E-state index contributed by atoms with van der Waals surface area (Å²) in [6, 6.07) is 0.452. The molecule has 3 rings (SSSR count). The van der Waals surface area contributed by atoms with Gasteiger partial charge in [-0.3, -0.25) is 0 Å². The van der Waals surface area contributed by atoms with Gasteiger partial charge in [0.2, 0.25) is 0 Å². The number of ether oxygens (including phenoxy) is 1. The number of urea groups is 1. The predicted molar refractivity (Wildman–Crippen MR) is 83.9 cm³/mol. The second-order valence-corrected chi connectivity index (χ2v) is 5.84. The highest BCUT2D eigenvalue weighted by molar-refractivity contribution is 5.91. The Morgan fingerprint density at radius 3 is 2.54 bits per heavy atom. The van der Waals surface area contributed by atoms with Gasteiger partial charge in [-0.05, 0) is 6.92 Å². The molecule has 1 atom stereocenters. The molecular formula is C16H15F3N4O3. The number of fused-ring (bicyclic) bond motifs is 1. The molecule has 1 aliphatic heterocycles. The minimum absolute atomic E-state index is 0.0452. The van der Waals surface area contributed by atoms with Crippen molar-refractivity contribution in [3.05, 3.63) is 47.3 Å². The number of hydrogen-bond acceptors (Lipinski definition) is 4. The average molecular weight is 368 g/mol. The fourth-order valence-corrected chi connectivity index (χ4v) is 2.79. The van der Waals surface area contributed by atoms with Crippen LogP contribution in [0.25, 0.3) is 0 Å². The zero-order valence-corrected chi connectivity index (χ0v) is 13.9. The quantitative estimate of drug-likeness (QED) is 0.653. The third-order valence-corrected chi connectivity index (χ3v) is 4.13. The van der Waals surface area contributed by atoms with E-state index in [1.165, 1.54) is 18.3 Å². The molecule has 0 spiro atoms. The highest BCUT2D eigenvalue weighted by Crippen LogP contribution is 2.23. The fourth-order valence-electron chi connectivity index (χ4n) is 2.79. The largest absolute Gasteiger partial charge is 0.464 e.